The molecule has 1 fully saturated rings. The van der Waals surface area contributed by atoms with E-state index in [1.54, 1.807) is 0 Å². The number of carbonyl (C=O) groups is 1. The standard InChI is InChI=1S/C12H24N2O3/c1-3-14-7-8-17-11(10-14)9-13(2)6-4-5-12(15)16/h11H,3-10H2,1-2H3,(H,15,16). The van der Waals surface area contributed by atoms with Crippen LogP contribution in [0.4, 0.5) is 0 Å². The molecule has 0 spiro atoms. The number of hydrogen-bond acceptors (Lipinski definition) is 4. The average molecular weight is 244 g/mol. The van der Waals surface area contributed by atoms with Gasteiger partial charge in [-0.2, -0.15) is 0 Å². The Bertz CT molecular complexity index is 236. The molecule has 1 aliphatic heterocycles. The van der Waals surface area contributed by atoms with Crippen molar-refractivity contribution < 1.29 is 14.6 Å². The topological polar surface area (TPSA) is 53.0 Å². The Labute approximate surface area is 103 Å². The quantitative estimate of drug-likeness (QED) is 0.707. The molecule has 0 aliphatic carbocycles. The van der Waals surface area contributed by atoms with Crippen LogP contribution >= 0.6 is 0 Å². The van der Waals surface area contributed by atoms with Gasteiger partial charge in [0.1, 0.15) is 0 Å². The summed E-state index contributed by atoms with van der Waals surface area (Å²) in [4.78, 5) is 15.0. The lowest BCUT2D eigenvalue weighted by Crippen LogP contribution is -2.46. The summed E-state index contributed by atoms with van der Waals surface area (Å²) in [6.45, 7) is 7.76. The molecule has 1 rings (SSSR count). The number of aliphatic carboxylic acids is 1. The molecule has 0 aromatic heterocycles. The molecular weight excluding hydrogens is 220 g/mol. The number of likely N-dealkylation sites (N-methyl/N-ethyl adjacent to an activating group) is 2. The van der Waals surface area contributed by atoms with Crippen LogP contribution in [0, 0.1) is 0 Å². The maximum absolute atomic E-state index is 10.4. The smallest absolute Gasteiger partial charge is 0.303 e. The summed E-state index contributed by atoms with van der Waals surface area (Å²) < 4.78 is 5.71. The van der Waals surface area contributed by atoms with Gasteiger partial charge >= 0.3 is 5.97 Å². The number of carboxylic acid groups (broad SMARTS) is 1. The summed E-state index contributed by atoms with van der Waals surface area (Å²) in [5, 5.41) is 8.56. The summed E-state index contributed by atoms with van der Waals surface area (Å²) in [6.07, 6.45) is 1.21. The number of hydrogen-bond donors (Lipinski definition) is 1. The van der Waals surface area contributed by atoms with E-state index in [9.17, 15) is 4.79 Å². The third kappa shape index (κ3) is 6.00. The molecule has 1 atom stereocenters. The third-order valence-corrected chi connectivity index (χ3v) is 3.12. The van der Waals surface area contributed by atoms with Crippen LogP contribution in [-0.4, -0.2) is 73.4 Å². The molecule has 1 N–H and O–H groups in total. The van der Waals surface area contributed by atoms with Crippen molar-refractivity contribution in [1.29, 1.82) is 0 Å². The highest BCUT2D eigenvalue weighted by atomic mass is 16.5. The van der Waals surface area contributed by atoms with E-state index in [1.165, 1.54) is 0 Å². The molecule has 1 aliphatic rings. The van der Waals surface area contributed by atoms with Crippen LogP contribution < -0.4 is 0 Å². The molecule has 0 radical (unpaired) electrons. The fraction of sp³-hybridized carbons (Fsp3) is 0.917. The van der Waals surface area contributed by atoms with Crippen molar-refractivity contribution in [3.63, 3.8) is 0 Å². The van der Waals surface area contributed by atoms with Crippen LogP contribution in [0.3, 0.4) is 0 Å². The molecule has 0 aromatic carbocycles. The third-order valence-electron chi connectivity index (χ3n) is 3.12. The second-order valence-corrected chi connectivity index (χ2v) is 4.65. The average Bonchev–Trinajstić information content (AvgIpc) is 2.28. The first-order valence-corrected chi connectivity index (χ1v) is 6.36. The molecule has 17 heavy (non-hydrogen) atoms. The minimum Gasteiger partial charge on any atom is -0.481 e. The highest BCUT2D eigenvalue weighted by Crippen LogP contribution is 2.06. The van der Waals surface area contributed by atoms with Crippen molar-refractivity contribution in [1.82, 2.24) is 9.80 Å². The van der Waals surface area contributed by atoms with Crippen molar-refractivity contribution >= 4 is 5.97 Å². The van der Waals surface area contributed by atoms with E-state index >= 15 is 0 Å². The van der Waals surface area contributed by atoms with Crippen molar-refractivity contribution in [3.8, 4) is 0 Å². The summed E-state index contributed by atoms with van der Waals surface area (Å²) in [5.41, 5.74) is 0. The van der Waals surface area contributed by atoms with Gasteiger partial charge in [0.05, 0.1) is 12.7 Å². The predicted octanol–water partition coefficient (Wildman–Crippen LogP) is 0.504. The molecule has 0 saturated carbocycles. The monoisotopic (exact) mass is 244 g/mol. The van der Waals surface area contributed by atoms with Gasteiger partial charge in [0, 0.05) is 26.1 Å². The second-order valence-electron chi connectivity index (χ2n) is 4.65. The van der Waals surface area contributed by atoms with Crippen molar-refractivity contribution in [2.24, 2.45) is 0 Å². The minimum absolute atomic E-state index is 0.247. The molecule has 0 amide bonds. The number of rotatable bonds is 7. The lowest BCUT2D eigenvalue weighted by Gasteiger charge is -2.34. The van der Waals surface area contributed by atoms with Gasteiger partial charge < -0.3 is 14.7 Å². The zero-order chi connectivity index (χ0) is 12.7. The van der Waals surface area contributed by atoms with Gasteiger partial charge in [-0.15, -0.1) is 0 Å². The van der Waals surface area contributed by atoms with E-state index in [4.69, 9.17) is 9.84 Å². The number of nitrogens with zero attached hydrogens (tertiary/aromatic N) is 2. The van der Waals surface area contributed by atoms with Crippen molar-refractivity contribution in [3.05, 3.63) is 0 Å². The lowest BCUT2D eigenvalue weighted by atomic mass is 10.2. The van der Waals surface area contributed by atoms with E-state index in [0.29, 0.717) is 6.42 Å². The zero-order valence-corrected chi connectivity index (χ0v) is 10.9. The van der Waals surface area contributed by atoms with Gasteiger partial charge in [0.2, 0.25) is 0 Å². The fourth-order valence-corrected chi connectivity index (χ4v) is 2.12. The Morgan fingerprint density at radius 1 is 1.59 bits per heavy atom. The molecule has 0 aromatic rings. The van der Waals surface area contributed by atoms with Crippen molar-refractivity contribution in [2.45, 2.75) is 25.9 Å². The molecule has 0 bridgehead atoms. The second kappa shape index (κ2) is 7.63. The van der Waals surface area contributed by atoms with Gasteiger partial charge in [0.25, 0.3) is 0 Å². The van der Waals surface area contributed by atoms with E-state index < -0.39 is 5.97 Å². The minimum atomic E-state index is -0.718. The fourth-order valence-electron chi connectivity index (χ4n) is 2.12. The van der Waals surface area contributed by atoms with Crippen molar-refractivity contribution in [2.75, 3.05) is 46.4 Å². The van der Waals surface area contributed by atoms with Gasteiger partial charge in [-0.25, -0.2) is 0 Å². The maximum Gasteiger partial charge on any atom is 0.303 e. The largest absolute Gasteiger partial charge is 0.481 e. The number of morpholine rings is 1. The van der Waals surface area contributed by atoms with Gasteiger partial charge in [-0.05, 0) is 26.6 Å². The van der Waals surface area contributed by atoms with E-state index in [0.717, 1.165) is 39.3 Å². The van der Waals surface area contributed by atoms with E-state index in [1.807, 2.05) is 7.05 Å². The molecule has 5 heteroatoms. The molecule has 1 saturated heterocycles. The number of carboxylic acids is 1. The van der Waals surface area contributed by atoms with Gasteiger partial charge in [0.15, 0.2) is 0 Å². The van der Waals surface area contributed by atoms with Crippen LogP contribution in [0.15, 0.2) is 0 Å². The maximum atomic E-state index is 10.4. The Morgan fingerprint density at radius 3 is 3.00 bits per heavy atom. The Hall–Kier alpha value is -0.650. The number of ether oxygens (including phenoxy) is 1. The Morgan fingerprint density at radius 2 is 2.35 bits per heavy atom. The molecule has 5 nitrogen and oxygen atoms in total. The normalized spacial score (nSPS) is 21.9. The zero-order valence-electron chi connectivity index (χ0n) is 10.9. The van der Waals surface area contributed by atoms with Crippen LogP contribution in [-0.2, 0) is 9.53 Å². The van der Waals surface area contributed by atoms with E-state index in [2.05, 4.69) is 16.7 Å². The van der Waals surface area contributed by atoms with Crippen LogP contribution in [0.25, 0.3) is 0 Å². The molecular formula is C12H24N2O3. The lowest BCUT2D eigenvalue weighted by molar-refractivity contribution is -0.137. The molecule has 100 valence electrons. The van der Waals surface area contributed by atoms with E-state index in [-0.39, 0.29) is 12.5 Å². The van der Waals surface area contributed by atoms with Gasteiger partial charge in [-0.3, -0.25) is 9.69 Å². The summed E-state index contributed by atoms with van der Waals surface area (Å²) in [6, 6.07) is 0. The Kier molecular flexibility index (Phi) is 6.47. The highest BCUT2D eigenvalue weighted by Gasteiger charge is 2.20. The molecule has 1 heterocycles. The van der Waals surface area contributed by atoms with Gasteiger partial charge in [-0.1, -0.05) is 6.92 Å². The van der Waals surface area contributed by atoms with Crippen LogP contribution in [0.1, 0.15) is 19.8 Å². The SMILES string of the molecule is CCN1CCOC(CN(C)CCCC(=O)O)C1. The first-order valence-electron chi connectivity index (χ1n) is 6.36. The first-order chi connectivity index (χ1) is 8.11. The molecule has 1 unspecified atom stereocenters. The van der Waals surface area contributed by atoms with Crippen LogP contribution in [0.2, 0.25) is 0 Å². The summed E-state index contributed by atoms with van der Waals surface area (Å²) in [7, 11) is 2.02. The first kappa shape index (κ1) is 14.4. The predicted molar refractivity (Wildman–Crippen MR) is 66.2 cm³/mol. The Balaban J connectivity index is 2.16. The summed E-state index contributed by atoms with van der Waals surface area (Å²) >= 11 is 0. The highest BCUT2D eigenvalue weighted by molar-refractivity contribution is 5.66. The summed E-state index contributed by atoms with van der Waals surface area (Å²) in [5.74, 6) is -0.718. The van der Waals surface area contributed by atoms with Crippen LogP contribution in [0.5, 0.6) is 0 Å².